The van der Waals surface area contributed by atoms with Crippen molar-refractivity contribution in [3.8, 4) is 0 Å². The van der Waals surface area contributed by atoms with E-state index in [1.807, 2.05) is 17.0 Å². The molecular weight excluding hydrogens is 287 g/mol. The molecule has 4 nitrogen and oxygen atoms in total. The summed E-state index contributed by atoms with van der Waals surface area (Å²) < 4.78 is 5.30. The van der Waals surface area contributed by atoms with Crippen LogP contribution in [0.3, 0.4) is 0 Å². The van der Waals surface area contributed by atoms with E-state index in [1.165, 1.54) is 0 Å². The summed E-state index contributed by atoms with van der Waals surface area (Å²) >= 11 is 12.2. The lowest BCUT2D eigenvalue weighted by molar-refractivity contribution is -0.122. The highest BCUT2D eigenvalue weighted by Crippen LogP contribution is 2.29. The lowest BCUT2D eigenvalue weighted by Gasteiger charge is -2.22. The fraction of sp³-hybridized carbons (Fsp3) is 0.462. The number of amides is 1. The molecule has 0 radical (unpaired) electrons. The molecule has 1 fully saturated rings. The summed E-state index contributed by atoms with van der Waals surface area (Å²) in [6.45, 7) is 1.19. The van der Waals surface area contributed by atoms with Gasteiger partial charge in [0.1, 0.15) is 0 Å². The molecular formula is C13H16Cl2N2O2. The van der Waals surface area contributed by atoms with Gasteiger partial charge in [-0.3, -0.25) is 9.69 Å². The molecule has 0 unspecified atom stereocenters. The fourth-order valence-corrected chi connectivity index (χ4v) is 2.77. The highest BCUT2D eigenvalue weighted by molar-refractivity contribution is 6.42. The third-order valence-corrected chi connectivity index (χ3v) is 4.29. The van der Waals surface area contributed by atoms with Gasteiger partial charge in [0.05, 0.1) is 22.2 Å². The lowest BCUT2D eigenvalue weighted by Crippen LogP contribution is -2.39. The van der Waals surface area contributed by atoms with Crippen molar-refractivity contribution in [2.24, 2.45) is 5.73 Å². The van der Waals surface area contributed by atoms with Crippen molar-refractivity contribution in [2.75, 3.05) is 13.7 Å². The number of benzene rings is 1. The Hall–Kier alpha value is -0.810. The minimum Gasteiger partial charge on any atom is -0.380 e. The van der Waals surface area contributed by atoms with Gasteiger partial charge in [-0.2, -0.15) is 0 Å². The predicted molar refractivity (Wildman–Crippen MR) is 75.3 cm³/mol. The molecule has 2 rings (SSSR count). The minimum absolute atomic E-state index is 0.0236. The second kappa shape index (κ2) is 6.09. The van der Waals surface area contributed by atoms with Crippen LogP contribution in [0.2, 0.25) is 10.0 Å². The normalized spacial score (nSPS) is 23.7. The number of hydrogen-bond acceptors (Lipinski definition) is 3. The van der Waals surface area contributed by atoms with Crippen LogP contribution in [-0.4, -0.2) is 36.6 Å². The Balaban J connectivity index is 2.17. The molecule has 0 aliphatic carbocycles. The van der Waals surface area contributed by atoms with Crippen molar-refractivity contribution < 1.29 is 9.53 Å². The molecule has 1 heterocycles. The van der Waals surface area contributed by atoms with E-state index < -0.39 is 0 Å². The first-order valence-corrected chi connectivity index (χ1v) is 6.77. The maximum atomic E-state index is 11.5. The van der Waals surface area contributed by atoms with Gasteiger partial charge >= 0.3 is 0 Å². The first-order chi connectivity index (χ1) is 9.02. The van der Waals surface area contributed by atoms with E-state index in [0.717, 1.165) is 5.56 Å². The van der Waals surface area contributed by atoms with Crippen LogP contribution in [0.4, 0.5) is 0 Å². The third-order valence-electron chi connectivity index (χ3n) is 3.43. The van der Waals surface area contributed by atoms with Gasteiger partial charge in [-0.1, -0.05) is 35.3 Å². The van der Waals surface area contributed by atoms with Crippen LogP contribution in [-0.2, 0) is 16.1 Å². The second-order valence-electron chi connectivity index (χ2n) is 4.65. The number of hydrogen-bond donors (Lipinski definition) is 1. The van der Waals surface area contributed by atoms with Crippen molar-refractivity contribution in [3.63, 3.8) is 0 Å². The number of rotatable bonds is 4. The minimum atomic E-state index is -0.335. The average Bonchev–Trinajstić information content (AvgIpc) is 2.78. The van der Waals surface area contributed by atoms with Gasteiger partial charge in [-0.15, -0.1) is 0 Å². The van der Waals surface area contributed by atoms with Crippen LogP contribution in [0.1, 0.15) is 12.0 Å². The number of nitrogens with zero attached hydrogens (tertiary/aromatic N) is 1. The topological polar surface area (TPSA) is 55.6 Å². The van der Waals surface area contributed by atoms with E-state index in [0.29, 0.717) is 29.6 Å². The Kier molecular flexibility index (Phi) is 4.68. The van der Waals surface area contributed by atoms with Crippen molar-refractivity contribution in [3.05, 3.63) is 33.8 Å². The van der Waals surface area contributed by atoms with Gasteiger partial charge in [-0.05, 0) is 18.1 Å². The number of halogens is 2. The summed E-state index contributed by atoms with van der Waals surface area (Å²) in [5.74, 6) is -0.335. The number of ether oxygens (including phenoxy) is 1. The van der Waals surface area contributed by atoms with Crippen molar-refractivity contribution in [1.29, 1.82) is 0 Å². The molecule has 0 bridgehead atoms. The zero-order valence-corrected chi connectivity index (χ0v) is 12.1. The van der Waals surface area contributed by atoms with Crippen LogP contribution in [0.15, 0.2) is 18.2 Å². The van der Waals surface area contributed by atoms with Crippen LogP contribution in [0, 0.1) is 0 Å². The van der Waals surface area contributed by atoms with Gasteiger partial charge < -0.3 is 10.5 Å². The molecule has 0 aromatic heterocycles. The smallest absolute Gasteiger partial charge is 0.234 e. The third kappa shape index (κ3) is 3.20. The number of methoxy groups -OCH3 is 1. The zero-order chi connectivity index (χ0) is 14.0. The average molecular weight is 303 g/mol. The summed E-state index contributed by atoms with van der Waals surface area (Å²) in [4.78, 5) is 13.5. The van der Waals surface area contributed by atoms with Gasteiger partial charge in [0, 0.05) is 20.2 Å². The molecule has 0 saturated carbocycles. The maximum absolute atomic E-state index is 11.5. The Morgan fingerprint density at radius 2 is 2.26 bits per heavy atom. The molecule has 2 atom stereocenters. The fourth-order valence-electron chi connectivity index (χ4n) is 2.39. The molecule has 1 aliphatic heterocycles. The molecule has 1 aromatic rings. The molecule has 2 N–H and O–H groups in total. The van der Waals surface area contributed by atoms with E-state index in [1.54, 1.807) is 13.2 Å². The summed E-state index contributed by atoms with van der Waals surface area (Å²) in [7, 11) is 1.64. The van der Waals surface area contributed by atoms with E-state index in [-0.39, 0.29) is 18.1 Å². The number of nitrogens with two attached hydrogens (primary N) is 1. The summed E-state index contributed by atoms with van der Waals surface area (Å²) in [5, 5.41) is 1.03. The number of primary amides is 1. The Bertz CT molecular complexity index is 482. The van der Waals surface area contributed by atoms with Gasteiger partial charge in [-0.25, -0.2) is 0 Å². The molecule has 1 saturated heterocycles. The van der Waals surface area contributed by atoms with E-state index in [2.05, 4.69) is 0 Å². The predicted octanol–water partition coefficient (Wildman–Crippen LogP) is 2.07. The molecule has 19 heavy (non-hydrogen) atoms. The summed E-state index contributed by atoms with van der Waals surface area (Å²) in [5.41, 5.74) is 6.32. The zero-order valence-electron chi connectivity index (χ0n) is 10.6. The molecule has 0 spiro atoms. The number of carbonyl (C=O) groups excluding carboxylic acids is 1. The maximum Gasteiger partial charge on any atom is 0.234 e. The van der Waals surface area contributed by atoms with Gasteiger partial charge in [0.25, 0.3) is 0 Å². The van der Waals surface area contributed by atoms with Gasteiger partial charge in [0.2, 0.25) is 5.91 Å². The van der Waals surface area contributed by atoms with E-state index in [4.69, 9.17) is 33.7 Å². The van der Waals surface area contributed by atoms with E-state index >= 15 is 0 Å². The number of carbonyl (C=O) groups is 1. The quantitative estimate of drug-likeness (QED) is 0.926. The lowest BCUT2D eigenvalue weighted by atomic mass is 10.1. The van der Waals surface area contributed by atoms with Crippen LogP contribution < -0.4 is 5.73 Å². The summed E-state index contributed by atoms with van der Waals surface area (Å²) in [6, 6.07) is 5.15. The Labute approximate surface area is 122 Å². The largest absolute Gasteiger partial charge is 0.380 e. The van der Waals surface area contributed by atoms with Crippen LogP contribution in [0.25, 0.3) is 0 Å². The Morgan fingerprint density at radius 1 is 1.53 bits per heavy atom. The monoisotopic (exact) mass is 302 g/mol. The van der Waals surface area contributed by atoms with Crippen LogP contribution in [0.5, 0.6) is 0 Å². The van der Waals surface area contributed by atoms with Crippen molar-refractivity contribution in [1.82, 2.24) is 4.90 Å². The molecule has 1 aromatic carbocycles. The van der Waals surface area contributed by atoms with Crippen molar-refractivity contribution >= 4 is 29.1 Å². The molecule has 1 aliphatic rings. The van der Waals surface area contributed by atoms with Crippen LogP contribution >= 0.6 is 23.2 Å². The second-order valence-corrected chi connectivity index (χ2v) is 5.44. The highest BCUT2D eigenvalue weighted by atomic mass is 35.5. The van der Waals surface area contributed by atoms with E-state index in [9.17, 15) is 4.79 Å². The molecule has 104 valence electrons. The summed E-state index contributed by atoms with van der Waals surface area (Å²) in [6.07, 6.45) is 0.639. The first-order valence-electron chi connectivity index (χ1n) is 6.02. The SMILES string of the molecule is CO[C@H]1C[C@@H](C(N)=O)N(Cc2cccc(Cl)c2Cl)C1. The Morgan fingerprint density at radius 3 is 2.89 bits per heavy atom. The van der Waals surface area contributed by atoms with Gasteiger partial charge in [0.15, 0.2) is 0 Å². The molecule has 1 amide bonds. The van der Waals surface area contributed by atoms with Crippen molar-refractivity contribution in [2.45, 2.75) is 25.1 Å². The number of likely N-dealkylation sites (tertiary alicyclic amines) is 1. The highest BCUT2D eigenvalue weighted by Gasteiger charge is 2.35. The standard InChI is InChI=1S/C13H16Cl2N2O2/c1-19-9-5-11(13(16)18)17(7-9)6-8-3-2-4-10(14)12(8)15/h2-4,9,11H,5-7H2,1H3,(H2,16,18)/t9-,11-/m0/s1. The molecule has 6 heteroatoms. The first kappa shape index (κ1) is 14.6.